The van der Waals surface area contributed by atoms with Crippen LogP contribution in [0.1, 0.15) is 19.4 Å². The third kappa shape index (κ3) is 3.08. The second kappa shape index (κ2) is 6.32. The van der Waals surface area contributed by atoms with Crippen molar-refractivity contribution in [3.63, 3.8) is 0 Å². The van der Waals surface area contributed by atoms with E-state index in [4.69, 9.17) is 9.15 Å². The van der Waals surface area contributed by atoms with E-state index in [1.807, 2.05) is 43.3 Å². The zero-order valence-electron chi connectivity index (χ0n) is 13.8. The Morgan fingerprint density at radius 2 is 1.83 bits per heavy atom. The van der Waals surface area contributed by atoms with Crippen molar-refractivity contribution in [1.29, 1.82) is 0 Å². The molecule has 24 heavy (non-hydrogen) atoms. The van der Waals surface area contributed by atoms with Crippen LogP contribution in [0.3, 0.4) is 0 Å². The molecule has 0 aliphatic heterocycles. The summed E-state index contributed by atoms with van der Waals surface area (Å²) in [4.78, 5) is 23.5. The van der Waals surface area contributed by atoms with Gasteiger partial charge in [-0.1, -0.05) is 30.3 Å². The number of ketones is 1. The summed E-state index contributed by atoms with van der Waals surface area (Å²) in [7, 11) is 0. The molecule has 0 aliphatic rings. The van der Waals surface area contributed by atoms with Crippen LogP contribution in [-0.2, 0) is 4.79 Å². The summed E-state index contributed by atoms with van der Waals surface area (Å²) in [5, 5.41) is 0.694. The molecule has 1 atom stereocenters. The van der Waals surface area contributed by atoms with Crippen molar-refractivity contribution in [1.82, 2.24) is 0 Å². The van der Waals surface area contributed by atoms with Gasteiger partial charge in [0.05, 0.1) is 5.39 Å². The molecule has 0 radical (unpaired) electrons. The van der Waals surface area contributed by atoms with Gasteiger partial charge in [0, 0.05) is 11.6 Å². The van der Waals surface area contributed by atoms with Crippen molar-refractivity contribution in [3.05, 3.63) is 64.5 Å². The number of ether oxygens (including phenoxy) is 1. The van der Waals surface area contributed by atoms with Crippen LogP contribution in [0.5, 0.6) is 5.75 Å². The maximum absolute atomic E-state index is 12.0. The largest absolute Gasteiger partial charge is 0.482 e. The molecule has 2 aromatic carbocycles. The van der Waals surface area contributed by atoms with Crippen LogP contribution in [-0.4, -0.2) is 11.9 Å². The van der Waals surface area contributed by atoms with Crippen molar-refractivity contribution < 1.29 is 13.9 Å². The normalized spacial score (nSPS) is 12.1. The molecule has 1 aromatic heterocycles. The molecular formula is C20H18O4. The number of rotatable bonds is 4. The Bertz CT molecular complexity index is 955. The van der Waals surface area contributed by atoms with Crippen LogP contribution < -0.4 is 10.4 Å². The molecule has 1 heterocycles. The summed E-state index contributed by atoms with van der Waals surface area (Å²) in [6.45, 7) is 5.08. The van der Waals surface area contributed by atoms with E-state index in [9.17, 15) is 9.59 Å². The molecule has 0 amide bonds. The molecule has 0 N–H and O–H groups in total. The average Bonchev–Trinajstić information content (AvgIpc) is 2.54. The minimum Gasteiger partial charge on any atom is -0.482 e. The fraction of sp³-hybridized carbons (Fsp3) is 0.200. The van der Waals surface area contributed by atoms with E-state index in [0.717, 1.165) is 16.7 Å². The highest BCUT2D eigenvalue weighted by atomic mass is 16.5. The van der Waals surface area contributed by atoms with Crippen molar-refractivity contribution in [2.45, 2.75) is 26.9 Å². The fourth-order valence-corrected chi connectivity index (χ4v) is 2.61. The predicted octanol–water partition coefficient (Wildman–Crippen LogP) is 4.12. The fourth-order valence-electron chi connectivity index (χ4n) is 2.61. The molecule has 0 spiro atoms. The zero-order chi connectivity index (χ0) is 17.3. The molecule has 0 saturated carbocycles. The van der Waals surface area contributed by atoms with Crippen LogP contribution in [0.15, 0.2) is 57.7 Å². The van der Waals surface area contributed by atoms with E-state index in [2.05, 4.69) is 0 Å². The maximum Gasteiger partial charge on any atom is 0.336 e. The first-order chi connectivity index (χ1) is 11.5. The maximum atomic E-state index is 12.0. The van der Waals surface area contributed by atoms with Crippen molar-refractivity contribution in [3.8, 4) is 16.9 Å². The van der Waals surface area contributed by atoms with Gasteiger partial charge < -0.3 is 9.15 Å². The monoisotopic (exact) mass is 322 g/mol. The van der Waals surface area contributed by atoms with E-state index in [-0.39, 0.29) is 5.78 Å². The standard InChI is InChI=1S/C20H18O4/c1-12-9-17(23-14(3)13(2)21)20-16(15-7-5-4-6-8-15)11-19(22)24-18(20)10-12/h4-11,14H,1-3H3/t14-/m1/s1. The Hall–Kier alpha value is -2.88. The van der Waals surface area contributed by atoms with Gasteiger partial charge in [-0.2, -0.15) is 0 Å². The Kier molecular flexibility index (Phi) is 4.21. The van der Waals surface area contributed by atoms with Crippen LogP contribution >= 0.6 is 0 Å². The summed E-state index contributed by atoms with van der Waals surface area (Å²) in [6.07, 6.45) is -0.578. The number of carbonyl (C=O) groups is 1. The molecule has 0 fully saturated rings. The second-order valence-electron chi connectivity index (χ2n) is 5.85. The van der Waals surface area contributed by atoms with Gasteiger partial charge in [-0.25, -0.2) is 4.79 Å². The summed E-state index contributed by atoms with van der Waals surface area (Å²) >= 11 is 0. The minimum absolute atomic E-state index is 0.0664. The molecule has 0 saturated heterocycles. The lowest BCUT2D eigenvalue weighted by atomic mass is 10.00. The quantitative estimate of drug-likeness (QED) is 0.678. The third-order valence-corrected chi connectivity index (χ3v) is 3.91. The van der Waals surface area contributed by atoms with Crippen LogP contribution in [0.25, 0.3) is 22.1 Å². The minimum atomic E-state index is -0.578. The molecule has 0 unspecified atom stereocenters. The van der Waals surface area contributed by atoms with E-state index >= 15 is 0 Å². The summed E-state index contributed by atoms with van der Waals surface area (Å²) < 4.78 is 11.2. The number of Topliss-reactive ketones (excluding diaryl/α,β-unsaturated/α-hetero) is 1. The number of hydrogen-bond acceptors (Lipinski definition) is 4. The van der Waals surface area contributed by atoms with E-state index in [1.54, 1.807) is 13.0 Å². The van der Waals surface area contributed by atoms with Crippen molar-refractivity contribution in [2.75, 3.05) is 0 Å². The van der Waals surface area contributed by atoms with Crippen molar-refractivity contribution >= 4 is 16.8 Å². The highest BCUT2D eigenvalue weighted by molar-refractivity contribution is 5.98. The Balaban J connectivity index is 2.31. The molecule has 4 nitrogen and oxygen atoms in total. The second-order valence-corrected chi connectivity index (χ2v) is 5.85. The summed E-state index contributed by atoms with van der Waals surface area (Å²) in [6, 6.07) is 14.7. The van der Waals surface area contributed by atoms with Crippen LogP contribution in [0, 0.1) is 6.92 Å². The smallest absolute Gasteiger partial charge is 0.336 e. The number of hydrogen-bond donors (Lipinski definition) is 0. The van der Waals surface area contributed by atoms with Gasteiger partial charge in [0.15, 0.2) is 11.9 Å². The molecular weight excluding hydrogens is 304 g/mol. The SMILES string of the molecule is CC(=O)[C@@H](C)Oc1cc(C)cc2oc(=O)cc(-c3ccccc3)c12. The third-order valence-electron chi connectivity index (χ3n) is 3.91. The zero-order valence-corrected chi connectivity index (χ0v) is 13.8. The van der Waals surface area contributed by atoms with Gasteiger partial charge in [-0.15, -0.1) is 0 Å². The summed E-state index contributed by atoms with van der Waals surface area (Å²) in [5.41, 5.74) is 2.54. The van der Waals surface area contributed by atoms with Gasteiger partial charge in [0.2, 0.25) is 0 Å². The Labute approximate surface area is 139 Å². The average molecular weight is 322 g/mol. The van der Waals surface area contributed by atoms with Gasteiger partial charge in [0.1, 0.15) is 11.3 Å². The molecule has 3 rings (SSSR count). The summed E-state index contributed by atoms with van der Waals surface area (Å²) in [5.74, 6) is 0.471. The molecule has 3 aromatic rings. The van der Waals surface area contributed by atoms with E-state index < -0.39 is 11.7 Å². The number of fused-ring (bicyclic) bond motifs is 1. The van der Waals surface area contributed by atoms with Gasteiger partial charge in [0.25, 0.3) is 0 Å². The number of aryl methyl sites for hydroxylation is 1. The Morgan fingerprint density at radius 1 is 1.12 bits per heavy atom. The lowest BCUT2D eigenvalue weighted by molar-refractivity contribution is -0.122. The number of carbonyl (C=O) groups excluding carboxylic acids is 1. The Morgan fingerprint density at radius 3 is 2.50 bits per heavy atom. The van der Waals surface area contributed by atoms with E-state index in [0.29, 0.717) is 16.7 Å². The number of benzene rings is 2. The van der Waals surface area contributed by atoms with Gasteiger partial charge in [-0.05, 0) is 44.0 Å². The molecule has 4 heteroatoms. The topological polar surface area (TPSA) is 56.5 Å². The first-order valence-corrected chi connectivity index (χ1v) is 7.77. The van der Waals surface area contributed by atoms with Gasteiger partial charge in [-0.3, -0.25) is 4.79 Å². The van der Waals surface area contributed by atoms with Crippen LogP contribution in [0.4, 0.5) is 0 Å². The van der Waals surface area contributed by atoms with E-state index in [1.165, 1.54) is 13.0 Å². The highest BCUT2D eigenvalue weighted by Gasteiger charge is 2.17. The van der Waals surface area contributed by atoms with Crippen LogP contribution in [0.2, 0.25) is 0 Å². The van der Waals surface area contributed by atoms with Gasteiger partial charge >= 0.3 is 5.63 Å². The predicted molar refractivity (Wildman–Crippen MR) is 93.4 cm³/mol. The highest BCUT2D eigenvalue weighted by Crippen LogP contribution is 2.35. The van der Waals surface area contributed by atoms with Crippen molar-refractivity contribution in [2.24, 2.45) is 0 Å². The lowest BCUT2D eigenvalue weighted by Gasteiger charge is -2.16. The molecule has 122 valence electrons. The molecule has 0 bridgehead atoms. The first kappa shape index (κ1) is 16.0. The lowest BCUT2D eigenvalue weighted by Crippen LogP contribution is -2.21. The molecule has 0 aliphatic carbocycles. The first-order valence-electron chi connectivity index (χ1n) is 7.77.